The first-order chi connectivity index (χ1) is 9.68. The first-order valence-electron chi connectivity index (χ1n) is 6.91. The number of aromatic nitrogens is 4. The molecule has 2 aromatic rings. The number of fused-ring (bicyclic) bond motifs is 1. The number of nitrogens with one attached hydrogen (secondary N) is 3. The van der Waals surface area contributed by atoms with Gasteiger partial charge in [0.1, 0.15) is 5.82 Å². The van der Waals surface area contributed by atoms with E-state index in [9.17, 15) is 5.11 Å². The number of aliphatic hydroxyl groups is 1. The summed E-state index contributed by atoms with van der Waals surface area (Å²) in [5.74, 6) is 1.26. The van der Waals surface area contributed by atoms with Crippen LogP contribution in [-0.2, 0) is 0 Å². The summed E-state index contributed by atoms with van der Waals surface area (Å²) < 4.78 is 0. The summed E-state index contributed by atoms with van der Waals surface area (Å²) in [6.07, 6.45) is 3.52. The molecule has 0 saturated carbocycles. The molecule has 2 heterocycles. The van der Waals surface area contributed by atoms with Crippen molar-refractivity contribution in [2.45, 2.75) is 26.7 Å². The molecule has 0 amide bonds. The molecule has 7 heteroatoms. The van der Waals surface area contributed by atoms with Gasteiger partial charge in [-0.1, -0.05) is 13.8 Å². The highest BCUT2D eigenvalue weighted by Crippen LogP contribution is 2.27. The largest absolute Gasteiger partial charge is 0.396 e. The number of rotatable bonds is 7. The van der Waals surface area contributed by atoms with E-state index in [1.54, 1.807) is 13.2 Å². The van der Waals surface area contributed by atoms with Gasteiger partial charge < -0.3 is 15.7 Å². The van der Waals surface area contributed by atoms with E-state index in [-0.39, 0.29) is 12.0 Å². The smallest absolute Gasteiger partial charge is 0.226 e. The average molecular weight is 278 g/mol. The highest BCUT2D eigenvalue weighted by Gasteiger charge is 2.25. The van der Waals surface area contributed by atoms with Crippen LogP contribution < -0.4 is 10.6 Å². The number of anilines is 2. The lowest BCUT2D eigenvalue weighted by molar-refractivity contribution is 0.127. The minimum absolute atomic E-state index is 0.124. The number of H-pyrrole nitrogens is 1. The van der Waals surface area contributed by atoms with Gasteiger partial charge in [0.2, 0.25) is 5.95 Å². The molecule has 4 N–H and O–H groups in total. The highest BCUT2D eigenvalue weighted by atomic mass is 16.3. The normalized spacial score (nSPS) is 11.8. The van der Waals surface area contributed by atoms with Crippen molar-refractivity contribution in [2.24, 2.45) is 5.41 Å². The molecule has 0 saturated heterocycles. The Hall–Kier alpha value is -1.89. The monoisotopic (exact) mass is 278 g/mol. The minimum Gasteiger partial charge on any atom is -0.396 e. The van der Waals surface area contributed by atoms with E-state index in [0.717, 1.165) is 24.0 Å². The molecule has 0 fully saturated rings. The van der Waals surface area contributed by atoms with E-state index in [2.05, 4.69) is 44.6 Å². The van der Waals surface area contributed by atoms with Gasteiger partial charge in [-0.15, -0.1) is 0 Å². The van der Waals surface area contributed by atoms with Gasteiger partial charge in [-0.3, -0.25) is 5.10 Å². The molecule has 20 heavy (non-hydrogen) atoms. The number of hydrogen-bond acceptors (Lipinski definition) is 6. The van der Waals surface area contributed by atoms with E-state index < -0.39 is 0 Å². The topological polar surface area (TPSA) is 98.7 Å². The molecule has 7 nitrogen and oxygen atoms in total. The van der Waals surface area contributed by atoms with Gasteiger partial charge in [0.05, 0.1) is 18.2 Å². The molecule has 0 spiro atoms. The van der Waals surface area contributed by atoms with Crippen LogP contribution in [-0.4, -0.2) is 45.5 Å². The number of aliphatic hydroxyl groups excluding tert-OH is 1. The van der Waals surface area contributed by atoms with Crippen LogP contribution in [0.2, 0.25) is 0 Å². The van der Waals surface area contributed by atoms with Gasteiger partial charge in [-0.2, -0.15) is 15.1 Å². The van der Waals surface area contributed by atoms with E-state index >= 15 is 0 Å². The molecular formula is C13H22N6O. The van der Waals surface area contributed by atoms with Gasteiger partial charge in [0.25, 0.3) is 0 Å². The Morgan fingerprint density at radius 3 is 2.65 bits per heavy atom. The Morgan fingerprint density at radius 2 is 2.05 bits per heavy atom. The average Bonchev–Trinajstić information content (AvgIpc) is 2.97. The summed E-state index contributed by atoms with van der Waals surface area (Å²) in [5, 5.41) is 23.6. The molecule has 110 valence electrons. The molecular weight excluding hydrogens is 256 g/mol. The number of nitrogens with zero attached hydrogens (tertiary/aromatic N) is 3. The predicted molar refractivity (Wildman–Crippen MR) is 79.8 cm³/mol. The fourth-order valence-corrected chi connectivity index (χ4v) is 2.13. The van der Waals surface area contributed by atoms with Gasteiger partial charge in [0.15, 0.2) is 5.65 Å². The van der Waals surface area contributed by atoms with Crippen molar-refractivity contribution in [3.05, 3.63) is 6.20 Å². The zero-order chi connectivity index (χ0) is 14.6. The summed E-state index contributed by atoms with van der Waals surface area (Å²) in [6, 6.07) is 0. The van der Waals surface area contributed by atoms with E-state index in [4.69, 9.17) is 0 Å². The van der Waals surface area contributed by atoms with Gasteiger partial charge in [-0.25, -0.2) is 0 Å². The molecule has 0 unspecified atom stereocenters. The molecule has 0 aromatic carbocycles. The summed E-state index contributed by atoms with van der Waals surface area (Å²) in [5.41, 5.74) is 0.565. The van der Waals surface area contributed by atoms with Crippen molar-refractivity contribution in [2.75, 3.05) is 30.8 Å². The quantitative estimate of drug-likeness (QED) is 0.614. The van der Waals surface area contributed by atoms with Gasteiger partial charge in [-0.05, 0) is 12.8 Å². The molecule has 0 radical (unpaired) electrons. The Kier molecular flexibility index (Phi) is 4.39. The molecule has 2 aromatic heterocycles. The number of hydrogen-bond donors (Lipinski definition) is 4. The summed E-state index contributed by atoms with van der Waals surface area (Å²) in [4.78, 5) is 8.71. The fraction of sp³-hybridized carbons (Fsp3) is 0.615. The second-order valence-corrected chi connectivity index (χ2v) is 5.00. The Labute approximate surface area is 118 Å². The first-order valence-corrected chi connectivity index (χ1v) is 6.91. The van der Waals surface area contributed by atoms with Gasteiger partial charge in [0, 0.05) is 19.0 Å². The van der Waals surface area contributed by atoms with Crippen molar-refractivity contribution in [3.8, 4) is 0 Å². The third-order valence-electron chi connectivity index (χ3n) is 4.00. The highest BCUT2D eigenvalue weighted by molar-refractivity contribution is 5.86. The lowest BCUT2D eigenvalue weighted by atomic mass is 9.83. The third-order valence-corrected chi connectivity index (χ3v) is 4.00. The van der Waals surface area contributed by atoms with Crippen LogP contribution in [0.5, 0.6) is 0 Å². The molecule has 2 rings (SSSR count). The Morgan fingerprint density at radius 1 is 1.30 bits per heavy atom. The second-order valence-electron chi connectivity index (χ2n) is 5.00. The van der Waals surface area contributed by atoms with Crippen LogP contribution in [0.1, 0.15) is 26.7 Å². The lowest BCUT2D eigenvalue weighted by Gasteiger charge is -2.29. The SMILES string of the molecule is CCC(CC)(CO)CNc1nc(NC)nc2[nH]ncc12. The maximum atomic E-state index is 9.62. The minimum atomic E-state index is -0.124. The van der Waals surface area contributed by atoms with Crippen molar-refractivity contribution in [3.63, 3.8) is 0 Å². The van der Waals surface area contributed by atoms with Crippen molar-refractivity contribution >= 4 is 22.8 Å². The zero-order valence-corrected chi connectivity index (χ0v) is 12.2. The Bertz CT molecular complexity index is 555. The molecule has 0 aliphatic heterocycles. The Balaban J connectivity index is 2.26. The fourth-order valence-electron chi connectivity index (χ4n) is 2.13. The van der Waals surface area contributed by atoms with Gasteiger partial charge >= 0.3 is 0 Å². The van der Waals surface area contributed by atoms with Crippen LogP contribution in [0.4, 0.5) is 11.8 Å². The molecule has 0 atom stereocenters. The van der Waals surface area contributed by atoms with Crippen molar-refractivity contribution < 1.29 is 5.11 Å². The molecule has 0 bridgehead atoms. The first kappa shape index (κ1) is 14.5. The standard InChI is InChI=1S/C13H22N6O/c1-4-13(5-2,8-20)7-15-10-9-6-16-19-11(9)18-12(14-3)17-10/h6,20H,4-5,7-8H2,1-3H3,(H3,14,15,16,17,18,19). The summed E-state index contributed by atoms with van der Waals surface area (Å²) in [7, 11) is 1.78. The molecule has 0 aliphatic carbocycles. The summed E-state index contributed by atoms with van der Waals surface area (Å²) in [6.45, 7) is 5.00. The third kappa shape index (κ3) is 2.67. The van der Waals surface area contributed by atoms with Crippen molar-refractivity contribution in [1.82, 2.24) is 20.2 Å². The van der Waals surface area contributed by atoms with E-state index in [0.29, 0.717) is 18.1 Å². The maximum Gasteiger partial charge on any atom is 0.226 e. The second kappa shape index (κ2) is 6.04. The van der Waals surface area contributed by atoms with Crippen molar-refractivity contribution in [1.29, 1.82) is 0 Å². The lowest BCUT2D eigenvalue weighted by Crippen LogP contribution is -2.32. The maximum absolute atomic E-state index is 9.62. The van der Waals surface area contributed by atoms with Crippen LogP contribution in [0.15, 0.2) is 6.20 Å². The summed E-state index contributed by atoms with van der Waals surface area (Å²) >= 11 is 0. The predicted octanol–water partition coefficient (Wildman–Crippen LogP) is 1.61. The zero-order valence-electron chi connectivity index (χ0n) is 12.2. The number of aromatic amines is 1. The molecule has 0 aliphatic rings. The van der Waals surface area contributed by atoms with Crippen LogP contribution >= 0.6 is 0 Å². The van der Waals surface area contributed by atoms with Crippen LogP contribution in [0.25, 0.3) is 11.0 Å². The van der Waals surface area contributed by atoms with E-state index in [1.807, 2.05) is 0 Å². The van der Waals surface area contributed by atoms with E-state index in [1.165, 1.54) is 0 Å². The van der Waals surface area contributed by atoms with Crippen LogP contribution in [0.3, 0.4) is 0 Å². The van der Waals surface area contributed by atoms with Crippen LogP contribution in [0, 0.1) is 5.41 Å².